The van der Waals surface area contributed by atoms with Crippen molar-refractivity contribution in [1.29, 1.82) is 0 Å². The van der Waals surface area contributed by atoms with E-state index in [1.54, 1.807) is 12.1 Å². The number of hydrogen-bond donors (Lipinski definition) is 2. The number of aryl methyl sites for hydroxylation is 1. The van der Waals surface area contributed by atoms with Gasteiger partial charge in [0, 0.05) is 44.5 Å². The minimum absolute atomic E-state index is 0.0936. The highest BCUT2D eigenvalue weighted by Crippen LogP contribution is 2.16. The van der Waals surface area contributed by atoms with Gasteiger partial charge in [-0.2, -0.15) is 0 Å². The first-order chi connectivity index (χ1) is 13.6. The van der Waals surface area contributed by atoms with Crippen molar-refractivity contribution in [3.05, 3.63) is 60.2 Å². The highest BCUT2D eigenvalue weighted by molar-refractivity contribution is 5.92. The quantitative estimate of drug-likeness (QED) is 0.807. The van der Waals surface area contributed by atoms with Gasteiger partial charge in [-0.05, 0) is 43.1 Å². The monoisotopic (exact) mass is 380 g/mol. The van der Waals surface area contributed by atoms with E-state index >= 15 is 0 Å². The summed E-state index contributed by atoms with van der Waals surface area (Å²) >= 11 is 0. The average Bonchev–Trinajstić information content (AvgIpc) is 2.69. The van der Waals surface area contributed by atoms with Crippen LogP contribution in [0, 0.1) is 0 Å². The first kappa shape index (κ1) is 19.9. The molecule has 1 aliphatic rings. The summed E-state index contributed by atoms with van der Waals surface area (Å²) in [5.41, 5.74) is 2.73. The van der Waals surface area contributed by atoms with Gasteiger partial charge in [-0.15, -0.1) is 0 Å². The molecule has 1 aliphatic heterocycles. The number of urea groups is 1. The van der Waals surface area contributed by atoms with E-state index in [0.717, 1.165) is 45.6 Å². The molecule has 3 amide bonds. The molecule has 1 heterocycles. The van der Waals surface area contributed by atoms with Crippen molar-refractivity contribution in [2.24, 2.45) is 0 Å². The van der Waals surface area contributed by atoms with Crippen molar-refractivity contribution in [1.82, 2.24) is 9.80 Å². The van der Waals surface area contributed by atoms with Gasteiger partial charge in [-0.1, -0.05) is 36.4 Å². The van der Waals surface area contributed by atoms with Crippen LogP contribution in [0.4, 0.5) is 16.2 Å². The first-order valence-corrected chi connectivity index (χ1v) is 9.80. The van der Waals surface area contributed by atoms with Crippen molar-refractivity contribution in [3.8, 4) is 0 Å². The normalized spacial score (nSPS) is 14.5. The SMILES string of the molecule is CC(=O)Nc1cccc(NC(=O)N2CCN(CCCc3ccccc3)CC2)c1. The van der Waals surface area contributed by atoms with Crippen LogP contribution in [0.2, 0.25) is 0 Å². The summed E-state index contributed by atoms with van der Waals surface area (Å²) in [7, 11) is 0. The molecule has 2 aromatic carbocycles. The molecule has 2 aromatic rings. The minimum atomic E-state index is -0.133. The van der Waals surface area contributed by atoms with Crippen LogP contribution < -0.4 is 10.6 Å². The first-order valence-electron chi connectivity index (χ1n) is 9.80. The fourth-order valence-corrected chi connectivity index (χ4v) is 3.41. The van der Waals surface area contributed by atoms with E-state index in [4.69, 9.17) is 0 Å². The maximum absolute atomic E-state index is 12.5. The van der Waals surface area contributed by atoms with Crippen LogP contribution in [-0.2, 0) is 11.2 Å². The second kappa shape index (κ2) is 9.90. The second-order valence-corrected chi connectivity index (χ2v) is 7.11. The van der Waals surface area contributed by atoms with Gasteiger partial charge in [0.15, 0.2) is 0 Å². The Hall–Kier alpha value is -2.86. The van der Waals surface area contributed by atoms with Gasteiger partial charge < -0.3 is 15.5 Å². The second-order valence-electron chi connectivity index (χ2n) is 7.11. The molecule has 3 rings (SSSR count). The smallest absolute Gasteiger partial charge is 0.321 e. The Morgan fingerprint density at radius 3 is 2.25 bits per heavy atom. The molecule has 2 N–H and O–H groups in total. The van der Waals surface area contributed by atoms with Crippen molar-refractivity contribution in [3.63, 3.8) is 0 Å². The van der Waals surface area contributed by atoms with Crippen LogP contribution in [0.25, 0.3) is 0 Å². The van der Waals surface area contributed by atoms with Gasteiger partial charge in [0.2, 0.25) is 5.91 Å². The molecule has 28 heavy (non-hydrogen) atoms. The van der Waals surface area contributed by atoms with E-state index in [9.17, 15) is 9.59 Å². The molecular formula is C22H28N4O2. The Morgan fingerprint density at radius 2 is 1.57 bits per heavy atom. The van der Waals surface area contributed by atoms with Gasteiger partial charge in [0.25, 0.3) is 0 Å². The summed E-state index contributed by atoms with van der Waals surface area (Å²) in [6, 6.07) is 17.6. The summed E-state index contributed by atoms with van der Waals surface area (Å²) in [6.07, 6.45) is 2.22. The van der Waals surface area contributed by atoms with E-state index in [-0.39, 0.29) is 11.9 Å². The molecule has 0 radical (unpaired) electrons. The predicted molar refractivity (Wildman–Crippen MR) is 113 cm³/mol. The Kier molecular flexibility index (Phi) is 7.03. The maximum Gasteiger partial charge on any atom is 0.321 e. The molecule has 1 saturated heterocycles. The fourth-order valence-electron chi connectivity index (χ4n) is 3.41. The van der Waals surface area contributed by atoms with Crippen LogP contribution >= 0.6 is 0 Å². The van der Waals surface area contributed by atoms with E-state index < -0.39 is 0 Å². The molecule has 0 atom stereocenters. The zero-order chi connectivity index (χ0) is 19.8. The number of rotatable bonds is 6. The van der Waals surface area contributed by atoms with Gasteiger partial charge in [-0.3, -0.25) is 9.69 Å². The van der Waals surface area contributed by atoms with Crippen molar-refractivity contribution in [2.45, 2.75) is 19.8 Å². The van der Waals surface area contributed by atoms with Crippen molar-refractivity contribution >= 4 is 23.3 Å². The lowest BCUT2D eigenvalue weighted by molar-refractivity contribution is -0.114. The maximum atomic E-state index is 12.5. The van der Waals surface area contributed by atoms with E-state index in [1.807, 2.05) is 23.1 Å². The number of benzene rings is 2. The number of piperazine rings is 1. The average molecular weight is 380 g/mol. The zero-order valence-corrected chi connectivity index (χ0v) is 16.4. The van der Waals surface area contributed by atoms with E-state index in [1.165, 1.54) is 12.5 Å². The molecular weight excluding hydrogens is 352 g/mol. The van der Waals surface area contributed by atoms with E-state index in [0.29, 0.717) is 11.4 Å². The number of carbonyl (C=O) groups is 2. The summed E-state index contributed by atoms with van der Waals surface area (Å²) in [5.74, 6) is -0.133. The van der Waals surface area contributed by atoms with Crippen LogP contribution in [0.3, 0.4) is 0 Å². The van der Waals surface area contributed by atoms with Crippen molar-refractivity contribution < 1.29 is 9.59 Å². The van der Waals surface area contributed by atoms with Crippen LogP contribution in [0.5, 0.6) is 0 Å². The predicted octanol–water partition coefficient (Wildman–Crippen LogP) is 3.43. The van der Waals surface area contributed by atoms with E-state index in [2.05, 4.69) is 39.8 Å². The molecule has 6 heteroatoms. The minimum Gasteiger partial charge on any atom is -0.326 e. The molecule has 0 spiro atoms. The standard InChI is InChI=1S/C22H28N4O2/c1-18(27)23-20-10-5-11-21(17-20)24-22(28)26-15-13-25(14-16-26)12-6-9-19-7-3-2-4-8-19/h2-5,7-8,10-11,17H,6,9,12-16H2,1H3,(H,23,27)(H,24,28). The fraction of sp³-hybridized carbons (Fsp3) is 0.364. The number of anilines is 2. The third-order valence-corrected chi connectivity index (χ3v) is 4.88. The van der Waals surface area contributed by atoms with Gasteiger partial charge in [0.05, 0.1) is 0 Å². The van der Waals surface area contributed by atoms with Crippen LogP contribution in [-0.4, -0.2) is 54.5 Å². The van der Waals surface area contributed by atoms with Crippen LogP contribution in [0.1, 0.15) is 18.9 Å². The lowest BCUT2D eigenvalue weighted by atomic mass is 10.1. The van der Waals surface area contributed by atoms with Gasteiger partial charge in [0.1, 0.15) is 0 Å². The van der Waals surface area contributed by atoms with Gasteiger partial charge in [-0.25, -0.2) is 4.79 Å². The third kappa shape index (κ3) is 6.09. The largest absolute Gasteiger partial charge is 0.326 e. The number of amides is 3. The van der Waals surface area contributed by atoms with Crippen molar-refractivity contribution in [2.75, 3.05) is 43.4 Å². The molecule has 0 saturated carbocycles. The Balaban J connectivity index is 1.40. The lowest BCUT2D eigenvalue weighted by Gasteiger charge is -2.34. The molecule has 0 aliphatic carbocycles. The molecule has 0 unspecified atom stereocenters. The number of nitrogens with one attached hydrogen (secondary N) is 2. The topological polar surface area (TPSA) is 64.7 Å². The molecule has 6 nitrogen and oxygen atoms in total. The highest BCUT2D eigenvalue weighted by atomic mass is 16.2. The summed E-state index contributed by atoms with van der Waals surface area (Å²) in [6.45, 7) is 5.76. The number of hydrogen-bond acceptors (Lipinski definition) is 3. The molecule has 0 bridgehead atoms. The summed E-state index contributed by atoms with van der Waals surface area (Å²) in [5, 5.41) is 5.65. The van der Waals surface area contributed by atoms with Gasteiger partial charge >= 0.3 is 6.03 Å². The highest BCUT2D eigenvalue weighted by Gasteiger charge is 2.20. The summed E-state index contributed by atoms with van der Waals surface area (Å²) < 4.78 is 0. The molecule has 1 fully saturated rings. The van der Waals surface area contributed by atoms with Crippen LogP contribution in [0.15, 0.2) is 54.6 Å². The molecule has 148 valence electrons. The zero-order valence-electron chi connectivity index (χ0n) is 16.4. The lowest BCUT2D eigenvalue weighted by Crippen LogP contribution is -2.50. The number of nitrogens with zero attached hydrogens (tertiary/aromatic N) is 2. The Labute approximate surface area is 166 Å². The third-order valence-electron chi connectivity index (χ3n) is 4.88. The molecule has 0 aromatic heterocycles. The summed E-state index contributed by atoms with van der Waals surface area (Å²) in [4.78, 5) is 28.0. The Bertz CT molecular complexity index is 786. The Morgan fingerprint density at radius 1 is 0.893 bits per heavy atom. The number of carbonyl (C=O) groups excluding carboxylic acids is 2.